The monoisotopic (exact) mass is 408 g/mol. The Bertz CT molecular complexity index is 1080. The third kappa shape index (κ3) is 5.23. The van der Waals surface area contributed by atoms with Gasteiger partial charge < -0.3 is 10.1 Å². The SMILES string of the molecule is N#CC(C#N)=CNc1ccc(Oc2ccc(S(N)(=O)=O)cc2)c(C(F)(F)F)c1. The number of ether oxygens (including phenoxy) is 1. The van der Waals surface area contributed by atoms with Crippen LogP contribution in [-0.4, -0.2) is 8.42 Å². The summed E-state index contributed by atoms with van der Waals surface area (Å²) in [4.78, 5) is -0.215. The average Bonchev–Trinajstić information content (AvgIpc) is 2.62. The molecule has 144 valence electrons. The molecule has 0 unspecified atom stereocenters. The molecule has 0 atom stereocenters. The predicted octanol–water partition coefficient (Wildman–Crippen LogP) is 3.49. The smallest absolute Gasteiger partial charge is 0.420 e. The maximum absolute atomic E-state index is 13.4. The van der Waals surface area contributed by atoms with E-state index in [2.05, 4.69) is 5.32 Å². The fourth-order valence-electron chi connectivity index (χ4n) is 2.00. The molecular formula is C17H11F3N4O3S. The first kappa shape index (κ1) is 20.8. The summed E-state index contributed by atoms with van der Waals surface area (Å²) in [6.07, 6.45) is -3.79. The molecule has 0 saturated carbocycles. The lowest BCUT2D eigenvalue weighted by Crippen LogP contribution is -2.11. The van der Waals surface area contributed by atoms with E-state index in [1.54, 1.807) is 12.1 Å². The number of primary sulfonamides is 1. The molecule has 0 aliphatic heterocycles. The van der Waals surface area contributed by atoms with Crippen molar-refractivity contribution in [1.82, 2.24) is 0 Å². The third-order valence-electron chi connectivity index (χ3n) is 3.29. The van der Waals surface area contributed by atoms with E-state index in [-0.39, 0.29) is 21.9 Å². The molecule has 2 rings (SSSR count). The second kappa shape index (κ2) is 8.00. The number of halogens is 3. The number of nitrogens with zero attached hydrogens (tertiary/aromatic N) is 2. The molecule has 3 N–H and O–H groups in total. The summed E-state index contributed by atoms with van der Waals surface area (Å²) in [6, 6.07) is 10.7. The molecule has 0 bridgehead atoms. The molecule has 0 amide bonds. The van der Waals surface area contributed by atoms with Crippen molar-refractivity contribution in [3.63, 3.8) is 0 Å². The van der Waals surface area contributed by atoms with Crippen LogP contribution in [0.25, 0.3) is 0 Å². The Balaban J connectivity index is 2.35. The molecule has 11 heteroatoms. The van der Waals surface area contributed by atoms with Crippen molar-refractivity contribution >= 4 is 15.7 Å². The molecule has 2 aromatic carbocycles. The predicted molar refractivity (Wildman–Crippen MR) is 92.3 cm³/mol. The number of hydrogen-bond acceptors (Lipinski definition) is 6. The zero-order valence-electron chi connectivity index (χ0n) is 13.9. The van der Waals surface area contributed by atoms with Crippen LogP contribution in [0.2, 0.25) is 0 Å². The van der Waals surface area contributed by atoms with Crippen LogP contribution in [0.4, 0.5) is 18.9 Å². The van der Waals surface area contributed by atoms with Crippen molar-refractivity contribution in [2.75, 3.05) is 5.32 Å². The zero-order chi connectivity index (χ0) is 20.9. The molecule has 7 nitrogen and oxygen atoms in total. The van der Waals surface area contributed by atoms with Gasteiger partial charge in [-0.15, -0.1) is 0 Å². The number of anilines is 1. The number of hydrogen-bond donors (Lipinski definition) is 2. The van der Waals surface area contributed by atoms with Crippen LogP contribution in [0, 0.1) is 22.7 Å². The van der Waals surface area contributed by atoms with Crippen molar-refractivity contribution in [3.05, 3.63) is 59.8 Å². The van der Waals surface area contributed by atoms with E-state index in [4.69, 9.17) is 20.4 Å². The fraction of sp³-hybridized carbons (Fsp3) is 0.0588. The maximum atomic E-state index is 13.4. The van der Waals surface area contributed by atoms with Crippen molar-refractivity contribution in [2.24, 2.45) is 5.14 Å². The van der Waals surface area contributed by atoms with E-state index in [0.29, 0.717) is 0 Å². The largest absolute Gasteiger partial charge is 0.457 e. The number of alkyl halides is 3. The molecule has 28 heavy (non-hydrogen) atoms. The Morgan fingerprint density at radius 3 is 2.21 bits per heavy atom. The van der Waals surface area contributed by atoms with E-state index < -0.39 is 27.5 Å². The van der Waals surface area contributed by atoms with Gasteiger partial charge in [-0.25, -0.2) is 13.6 Å². The normalized spacial score (nSPS) is 11.1. The number of rotatable bonds is 5. The standard InChI is InChI=1S/C17H11F3N4O3S/c18-17(19,20)15-7-12(24-10-11(8-21)9-22)1-6-16(15)27-13-2-4-14(5-3-13)28(23,25)26/h1-7,10,24H,(H2,23,25,26). The van der Waals surface area contributed by atoms with Gasteiger partial charge in [0.1, 0.15) is 34.8 Å². The van der Waals surface area contributed by atoms with E-state index in [9.17, 15) is 21.6 Å². The molecule has 0 saturated heterocycles. The average molecular weight is 408 g/mol. The molecule has 0 aromatic heterocycles. The van der Waals surface area contributed by atoms with Gasteiger partial charge >= 0.3 is 6.18 Å². The molecule has 2 aromatic rings. The van der Waals surface area contributed by atoms with Crippen LogP contribution in [-0.2, 0) is 16.2 Å². The van der Waals surface area contributed by atoms with Gasteiger partial charge in [-0.1, -0.05) is 0 Å². The number of nitrogens with one attached hydrogen (secondary N) is 1. The van der Waals surface area contributed by atoms with Gasteiger partial charge in [0, 0.05) is 11.9 Å². The van der Waals surface area contributed by atoms with Crippen molar-refractivity contribution in [2.45, 2.75) is 11.1 Å². The summed E-state index contributed by atoms with van der Waals surface area (Å²) in [5.41, 5.74) is -1.45. The molecule has 0 heterocycles. The quantitative estimate of drug-likeness (QED) is 0.729. The van der Waals surface area contributed by atoms with Crippen LogP contribution in [0.5, 0.6) is 11.5 Å². The number of nitrogens with two attached hydrogens (primary N) is 1. The van der Waals surface area contributed by atoms with Crippen molar-refractivity contribution in [3.8, 4) is 23.6 Å². The number of nitriles is 2. The van der Waals surface area contributed by atoms with Crippen LogP contribution in [0.3, 0.4) is 0 Å². The lowest BCUT2D eigenvalue weighted by atomic mass is 10.1. The van der Waals surface area contributed by atoms with Gasteiger partial charge in [0.2, 0.25) is 10.0 Å². The Hall–Kier alpha value is -3.54. The summed E-state index contributed by atoms with van der Waals surface area (Å²) in [5.74, 6) is -0.555. The third-order valence-corrected chi connectivity index (χ3v) is 4.22. The molecule has 0 aliphatic rings. The minimum absolute atomic E-state index is 0.0211. The number of sulfonamides is 1. The summed E-state index contributed by atoms with van der Waals surface area (Å²) in [6.45, 7) is 0. The van der Waals surface area contributed by atoms with Gasteiger partial charge in [-0.3, -0.25) is 0 Å². The molecule has 0 spiro atoms. The minimum atomic E-state index is -4.76. The topological polar surface area (TPSA) is 129 Å². The number of allylic oxidation sites excluding steroid dienone is 1. The van der Waals surface area contributed by atoms with Crippen LogP contribution in [0.1, 0.15) is 5.56 Å². The summed E-state index contributed by atoms with van der Waals surface area (Å²) in [7, 11) is -3.94. The van der Waals surface area contributed by atoms with E-state index in [0.717, 1.165) is 30.5 Å². The van der Waals surface area contributed by atoms with Gasteiger partial charge in [0.25, 0.3) is 0 Å². The highest BCUT2D eigenvalue weighted by Gasteiger charge is 2.35. The Labute approximate surface area is 158 Å². The van der Waals surface area contributed by atoms with Gasteiger partial charge in [0.15, 0.2) is 0 Å². The van der Waals surface area contributed by atoms with E-state index in [1.807, 2.05) is 0 Å². The van der Waals surface area contributed by atoms with Gasteiger partial charge in [-0.05, 0) is 42.5 Å². The summed E-state index contributed by atoms with van der Waals surface area (Å²) >= 11 is 0. The highest BCUT2D eigenvalue weighted by Crippen LogP contribution is 2.39. The Kier molecular flexibility index (Phi) is 5.93. The Morgan fingerprint density at radius 2 is 1.71 bits per heavy atom. The van der Waals surface area contributed by atoms with Crippen molar-refractivity contribution < 1.29 is 26.3 Å². The number of benzene rings is 2. The molecule has 0 fully saturated rings. The van der Waals surface area contributed by atoms with E-state index >= 15 is 0 Å². The first-order chi connectivity index (χ1) is 13.0. The fourth-order valence-corrected chi connectivity index (χ4v) is 2.52. The van der Waals surface area contributed by atoms with Crippen LogP contribution in [0.15, 0.2) is 59.1 Å². The molecule has 0 aliphatic carbocycles. The second-order valence-electron chi connectivity index (χ2n) is 5.25. The lowest BCUT2D eigenvalue weighted by molar-refractivity contribution is -0.138. The van der Waals surface area contributed by atoms with Crippen LogP contribution >= 0.6 is 0 Å². The summed E-state index contributed by atoms with van der Waals surface area (Å²) < 4.78 is 67.7. The minimum Gasteiger partial charge on any atom is -0.457 e. The van der Waals surface area contributed by atoms with Crippen LogP contribution < -0.4 is 15.2 Å². The zero-order valence-corrected chi connectivity index (χ0v) is 14.7. The highest BCUT2D eigenvalue weighted by molar-refractivity contribution is 7.89. The maximum Gasteiger partial charge on any atom is 0.420 e. The molecular weight excluding hydrogens is 397 g/mol. The Morgan fingerprint density at radius 1 is 1.11 bits per heavy atom. The second-order valence-corrected chi connectivity index (χ2v) is 6.81. The van der Waals surface area contributed by atoms with Gasteiger partial charge in [0.05, 0.1) is 4.90 Å². The van der Waals surface area contributed by atoms with Crippen molar-refractivity contribution in [1.29, 1.82) is 10.5 Å². The first-order valence-electron chi connectivity index (χ1n) is 7.33. The summed E-state index contributed by atoms with van der Waals surface area (Å²) in [5, 5.41) is 24.7. The highest BCUT2D eigenvalue weighted by atomic mass is 32.2. The lowest BCUT2D eigenvalue weighted by Gasteiger charge is -2.15. The van der Waals surface area contributed by atoms with Gasteiger partial charge in [-0.2, -0.15) is 23.7 Å². The first-order valence-corrected chi connectivity index (χ1v) is 8.88. The van der Waals surface area contributed by atoms with E-state index in [1.165, 1.54) is 18.2 Å². The molecule has 0 radical (unpaired) electrons.